The molecule has 2 aromatic heterocycles. The second-order valence-corrected chi connectivity index (χ2v) is 8.90. The lowest BCUT2D eigenvalue weighted by atomic mass is 9.93. The number of pyridine rings is 2. The molecule has 0 bridgehead atoms. The van der Waals surface area contributed by atoms with Crippen LogP contribution in [0, 0.1) is 0 Å². The summed E-state index contributed by atoms with van der Waals surface area (Å²) in [6, 6.07) is 9.53. The van der Waals surface area contributed by atoms with Crippen LogP contribution in [0.15, 0.2) is 41.3 Å². The van der Waals surface area contributed by atoms with Crippen molar-refractivity contribution in [2.45, 2.75) is 65.7 Å². The molecule has 6 nitrogen and oxygen atoms in total. The molecule has 0 atom stereocenters. The number of hydrogen-bond acceptors (Lipinski definition) is 3. The Morgan fingerprint density at radius 3 is 2.22 bits per heavy atom. The lowest BCUT2D eigenvalue weighted by Crippen LogP contribution is -2.30. The number of fused-ring (bicyclic) bond motifs is 1. The summed E-state index contributed by atoms with van der Waals surface area (Å²) in [6.45, 7) is 10.5. The van der Waals surface area contributed by atoms with Gasteiger partial charge < -0.3 is 10.6 Å². The van der Waals surface area contributed by atoms with Crippen LogP contribution >= 0.6 is 0 Å². The number of urea groups is 1. The van der Waals surface area contributed by atoms with Crippen molar-refractivity contribution in [2.24, 2.45) is 7.05 Å². The van der Waals surface area contributed by atoms with Crippen LogP contribution < -0.4 is 16.2 Å². The van der Waals surface area contributed by atoms with Crippen LogP contribution in [0.2, 0.25) is 0 Å². The Bertz CT molecular complexity index is 1150. The largest absolute Gasteiger partial charge is 0.323 e. The summed E-state index contributed by atoms with van der Waals surface area (Å²) in [5, 5.41) is 6.84. The smallest absolute Gasteiger partial charge is 0.307 e. The van der Waals surface area contributed by atoms with Gasteiger partial charge >= 0.3 is 6.03 Å². The maximum absolute atomic E-state index is 13.2. The van der Waals surface area contributed by atoms with Gasteiger partial charge in [0.2, 0.25) is 0 Å². The van der Waals surface area contributed by atoms with Crippen molar-refractivity contribution in [2.75, 3.05) is 10.6 Å². The van der Waals surface area contributed by atoms with Gasteiger partial charge in [0.25, 0.3) is 5.56 Å². The number of nitrogens with one attached hydrogen (secondary N) is 2. The van der Waals surface area contributed by atoms with Crippen LogP contribution in [0.4, 0.5) is 16.2 Å². The SMILES string of the molecule is CCCCc1c(NC(=O)Nc2c(C(C)C)cccc2C(C)C)c(=O)n(C)c2ncccc12. The summed E-state index contributed by atoms with van der Waals surface area (Å²) in [5.74, 6) is 0.507. The minimum Gasteiger partial charge on any atom is -0.307 e. The van der Waals surface area contributed by atoms with Crippen molar-refractivity contribution in [1.29, 1.82) is 0 Å². The molecule has 0 saturated heterocycles. The van der Waals surface area contributed by atoms with Crippen molar-refractivity contribution in [1.82, 2.24) is 9.55 Å². The van der Waals surface area contributed by atoms with E-state index in [1.54, 1.807) is 13.2 Å². The van der Waals surface area contributed by atoms with Gasteiger partial charge in [-0.3, -0.25) is 9.36 Å². The van der Waals surface area contributed by atoms with Crippen LogP contribution in [0.3, 0.4) is 0 Å². The lowest BCUT2D eigenvalue weighted by Gasteiger charge is -2.21. The molecule has 3 aromatic rings. The van der Waals surface area contributed by atoms with Gasteiger partial charge in [-0.2, -0.15) is 0 Å². The molecule has 0 aliphatic heterocycles. The van der Waals surface area contributed by atoms with E-state index in [-0.39, 0.29) is 17.4 Å². The fourth-order valence-electron chi connectivity index (χ4n) is 4.12. The highest BCUT2D eigenvalue weighted by molar-refractivity contribution is 6.02. The second kappa shape index (κ2) is 9.98. The van der Waals surface area contributed by atoms with Crippen LogP contribution in [0.1, 0.15) is 76.0 Å². The number of amides is 2. The average molecular weight is 435 g/mol. The van der Waals surface area contributed by atoms with Crippen LogP contribution in [-0.4, -0.2) is 15.6 Å². The Labute approximate surface area is 190 Å². The highest BCUT2D eigenvalue weighted by Crippen LogP contribution is 2.32. The zero-order valence-corrected chi connectivity index (χ0v) is 20.0. The van der Waals surface area contributed by atoms with Crippen molar-refractivity contribution in [3.8, 4) is 0 Å². The third-order valence-electron chi connectivity index (χ3n) is 5.88. The summed E-state index contributed by atoms with van der Waals surface area (Å²) < 4.78 is 1.50. The molecular weight excluding hydrogens is 400 g/mol. The molecule has 6 heteroatoms. The minimum absolute atomic E-state index is 0.251. The number of carbonyl (C=O) groups excluding carboxylic acids is 1. The first-order valence-corrected chi connectivity index (χ1v) is 11.4. The first-order chi connectivity index (χ1) is 15.3. The molecular formula is C26H34N4O2. The number of anilines is 2. The number of rotatable bonds is 7. The van der Waals surface area contributed by atoms with Gasteiger partial charge in [0.1, 0.15) is 11.3 Å². The zero-order chi connectivity index (χ0) is 23.4. The molecule has 1 aromatic carbocycles. The summed E-state index contributed by atoms with van der Waals surface area (Å²) >= 11 is 0. The first-order valence-electron chi connectivity index (χ1n) is 11.4. The number of hydrogen-bond donors (Lipinski definition) is 2. The fraction of sp³-hybridized carbons (Fsp3) is 0.423. The Morgan fingerprint density at radius 1 is 1.00 bits per heavy atom. The van der Waals surface area contributed by atoms with Gasteiger partial charge in [-0.1, -0.05) is 59.2 Å². The van der Waals surface area contributed by atoms with E-state index in [1.165, 1.54) is 4.57 Å². The van der Waals surface area contributed by atoms with E-state index >= 15 is 0 Å². The fourth-order valence-corrected chi connectivity index (χ4v) is 4.12. The van der Waals surface area contributed by atoms with E-state index in [9.17, 15) is 9.59 Å². The molecule has 2 heterocycles. The average Bonchev–Trinajstić information content (AvgIpc) is 2.76. The third-order valence-corrected chi connectivity index (χ3v) is 5.88. The number of unbranched alkanes of at least 4 members (excludes halogenated alkanes) is 1. The standard InChI is InChI=1S/C26H34N4O2/c1-7-8-11-20-21-14-10-15-27-24(21)30(6)25(31)23(20)29-26(32)28-22-18(16(2)3)12-9-13-19(22)17(4)5/h9-10,12-17H,7-8,11H2,1-6H3,(H2,28,29,32). The maximum atomic E-state index is 13.2. The Balaban J connectivity index is 2.05. The van der Waals surface area contributed by atoms with E-state index in [0.29, 0.717) is 17.8 Å². The van der Waals surface area contributed by atoms with Crippen LogP contribution in [0.25, 0.3) is 11.0 Å². The third kappa shape index (κ3) is 4.69. The van der Waals surface area contributed by atoms with Gasteiger partial charge in [0, 0.05) is 24.3 Å². The van der Waals surface area contributed by atoms with Crippen molar-refractivity contribution in [3.63, 3.8) is 0 Å². The molecule has 2 N–H and O–H groups in total. The molecule has 0 fully saturated rings. The molecule has 32 heavy (non-hydrogen) atoms. The van der Waals surface area contributed by atoms with Crippen molar-refractivity contribution >= 4 is 28.4 Å². The molecule has 170 valence electrons. The van der Waals surface area contributed by atoms with Crippen molar-refractivity contribution < 1.29 is 4.79 Å². The van der Waals surface area contributed by atoms with E-state index < -0.39 is 6.03 Å². The van der Waals surface area contributed by atoms with Gasteiger partial charge in [-0.15, -0.1) is 0 Å². The summed E-state index contributed by atoms with van der Waals surface area (Å²) in [7, 11) is 1.69. The topological polar surface area (TPSA) is 76.0 Å². The lowest BCUT2D eigenvalue weighted by molar-refractivity contribution is 0.262. The van der Waals surface area contributed by atoms with Crippen LogP contribution in [-0.2, 0) is 13.5 Å². The van der Waals surface area contributed by atoms with E-state index in [2.05, 4.69) is 50.2 Å². The van der Waals surface area contributed by atoms with Gasteiger partial charge in [0.15, 0.2) is 0 Å². The quantitative estimate of drug-likeness (QED) is 0.467. The number of carbonyl (C=O) groups is 1. The number of para-hydroxylation sites is 1. The number of benzene rings is 1. The van der Waals surface area contributed by atoms with Crippen molar-refractivity contribution in [3.05, 3.63) is 63.6 Å². The van der Waals surface area contributed by atoms with Gasteiger partial charge in [0.05, 0.1) is 0 Å². The minimum atomic E-state index is -0.405. The number of nitrogens with zero attached hydrogens (tertiary/aromatic N) is 2. The predicted octanol–water partition coefficient (Wildman–Crippen LogP) is 6.17. The number of aromatic nitrogens is 2. The van der Waals surface area contributed by atoms with Gasteiger partial charge in [-0.25, -0.2) is 9.78 Å². The molecule has 0 aliphatic rings. The maximum Gasteiger partial charge on any atom is 0.323 e. The van der Waals surface area contributed by atoms with Crippen LogP contribution in [0.5, 0.6) is 0 Å². The summed E-state index contributed by atoms with van der Waals surface area (Å²) in [4.78, 5) is 30.8. The summed E-state index contributed by atoms with van der Waals surface area (Å²) in [5.41, 5.74) is 4.52. The normalized spacial score (nSPS) is 11.4. The molecule has 3 rings (SSSR count). The molecule has 0 radical (unpaired) electrons. The van der Waals surface area contributed by atoms with Gasteiger partial charge in [-0.05, 0) is 53.5 Å². The molecule has 0 saturated carbocycles. The Hall–Kier alpha value is -3.15. The zero-order valence-electron chi connectivity index (χ0n) is 20.0. The predicted molar refractivity (Wildman–Crippen MR) is 133 cm³/mol. The molecule has 0 aliphatic carbocycles. The molecule has 0 spiro atoms. The molecule has 2 amide bonds. The van der Waals surface area contributed by atoms with E-state index in [1.807, 2.05) is 30.3 Å². The second-order valence-electron chi connectivity index (χ2n) is 8.90. The number of aryl methyl sites for hydroxylation is 2. The Kier molecular flexibility index (Phi) is 7.33. The summed E-state index contributed by atoms with van der Waals surface area (Å²) in [6.07, 6.45) is 4.29. The highest BCUT2D eigenvalue weighted by atomic mass is 16.2. The molecule has 0 unspecified atom stereocenters. The first kappa shape index (κ1) is 23.5. The van der Waals surface area contributed by atoms with E-state index in [0.717, 1.165) is 40.6 Å². The highest BCUT2D eigenvalue weighted by Gasteiger charge is 2.20. The monoisotopic (exact) mass is 434 g/mol. The Morgan fingerprint density at radius 2 is 1.62 bits per heavy atom. The van der Waals surface area contributed by atoms with E-state index in [4.69, 9.17) is 0 Å².